The second-order valence-corrected chi connectivity index (χ2v) is 30.7. The fraction of sp³-hybridized carbons (Fsp3) is 0.947. The van der Waals surface area contributed by atoms with Crippen LogP contribution in [0.2, 0.25) is 0 Å². The lowest BCUT2D eigenvalue weighted by atomic mass is 10.00. The molecule has 0 heterocycles. The van der Waals surface area contributed by atoms with Crippen LogP contribution in [0.1, 0.15) is 388 Å². The number of hydrogen-bond acceptors (Lipinski definition) is 15. The van der Waals surface area contributed by atoms with E-state index in [1.165, 1.54) is 199 Å². The summed E-state index contributed by atoms with van der Waals surface area (Å²) in [5.74, 6) is -0.615. The summed E-state index contributed by atoms with van der Waals surface area (Å²) < 4.78 is 68.5. The molecular formula is C75H146O17P2. The second kappa shape index (κ2) is 66.9. The van der Waals surface area contributed by atoms with Gasteiger partial charge in [-0.3, -0.25) is 37.3 Å². The van der Waals surface area contributed by atoms with Crippen LogP contribution in [-0.2, 0) is 65.4 Å². The Morgan fingerprint density at radius 2 is 0.543 bits per heavy atom. The van der Waals surface area contributed by atoms with Gasteiger partial charge in [-0.2, -0.15) is 0 Å². The van der Waals surface area contributed by atoms with E-state index in [2.05, 4.69) is 41.5 Å². The van der Waals surface area contributed by atoms with E-state index in [0.717, 1.165) is 108 Å². The average Bonchev–Trinajstić information content (AvgIpc) is 2.51. The molecule has 0 saturated heterocycles. The number of hydrogen-bond donors (Lipinski definition) is 3. The molecule has 3 unspecified atom stereocenters. The third kappa shape index (κ3) is 67.3. The first kappa shape index (κ1) is 92.1. The van der Waals surface area contributed by atoms with Gasteiger partial charge in [-0.25, -0.2) is 9.13 Å². The van der Waals surface area contributed by atoms with Crippen molar-refractivity contribution >= 4 is 39.5 Å². The van der Waals surface area contributed by atoms with Crippen molar-refractivity contribution in [3.05, 3.63) is 0 Å². The number of unbranched alkanes of at least 4 members (excludes halogenated alkanes) is 43. The Balaban J connectivity index is 5.24. The van der Waals surface area contributed by atoms with Crippen LogP contribution in [0.3, 0.4) is 0 Å². The van der Waals surface area contributed by atoms with E-state index < -0.39 is 97.5 Å². The molecule has 17 nitrogen and oxygen atoms in total. The smallest absolute Gasteiger partial charge is 0.462 e. The summed E-state index contributed by atoms with van der Waals surface area (Å²) in [5.41, 5.74) is 0. The maximum absolute atomic E-state index is 13.1. The minimum absolute atomic E-state index is 0.106. The molecule has 3 N–H and O–H groups in total. The molecule has 94 heavy (non-hydrogen) atoms. The highest BCUT2D eigenvalue weighted by Crippen LogP contribution is 2.45. The van der Waals surface area contributed by atoms with Gasteiger partial charge in [-0.15, -0.1) is 0 Å². The van der Waals surface area contributed by atoms with Gasteiger partial charge >= 0.3 is 39.5 Å². The molecule has 558 valence electrons. The first-order chi connectivity index (χ1) is 45.4. The number of rotatable bonds is 74. The van der Waals surface area contributed by atoms with Gasteiger partial charge in [0.05, 0.1) is 26.4 Å². The average molecular weight is 1380 g/mol. The predicted molar refractivity (Wildman–Crippen MR) is 381 cm³/mol. The Morgan fingerprint density at radius 3 is 0.809 bits per heavy atom. The zero-order valence-corrected chi connectivity index (χ0v) is 63.1. The largest absolute Gasteiger partial charge is 0.472 e. The van der Waals surface area contributed by atoms with Crippen molar-refractivity contribution in [2.45, 2.75) is 407 Å². The zero-order chi connectivity index (χ0) is 69.3. The number of carbonyl (C=O) groups is 4. The lowest BCUT2D eigenvalue weighted by Gasteiger charge is -2.21. The molecule has 0 amide bonds. The molecular weight excluding hydrogens is 1230 g/mol. The number of aliphatic hydroxyl groups excluding tert-OH is 1. The maximum atomic E-state index is 13.1. The van der Waals surface area contributed by atoms with Gasteiger partial charge < -0.3 is 33.8 Å². The van der Waals surface area contributed by atoms with E-state index in [1.54, 1.807) is 0 Å². The van der Waals surface area contributed by atoms with Gasteiger partial charge in [0.15, 0.2) is 12.2 Å². The number of phosphoric ester groups is 2. The summed E-state index contributed by atoms with van der Waals surface area (Å²) in [5, 5.41) is 10.6. The summed E-state index contributed by atoms with van der Waals surface area (Å²) in [4.78, 5) is 72.8. The van der Waals surface area contributed by atoms with Crippen molar-refractivity contribution in [1.82, 2.24) is 0 Å². The quantitative estimate of drug-likeness (QED) is 0.0222. The van der Waals surface area contributed by atoms with Crippen LogP contribution in [0.15, 0.2) is 0 Å². The number of carbonyl (C=O) groups excluding carboxylic acids is 4. The van der Waals surface area contributed by atoms with E-state index in [9.17, 15) is 43.2 Å². The van der Waals surface area contributed by atoms with Crippen LogP contribution in [0.4, 0.5) is 0 Å². The van der Waals surface area contributed by atoms with Gasteiger partial charge in [-0.05, 0) is 37.5 Å². The zero-order valence-electron chi connectivity index (χ0n) is 61.3. The molecule has 0 fully saturated rings. The number of aliphatic hydroxyl groups is 1. The fourth-order valence-electron chi connectivity index (χ4n) is 11.4. The van der Waals surface area contributed by atoms with E-state index in [-0.39, 0.29) is 25.7 Å². The highest BCUT2D eigenvalue weighted by atomic mass is 31.2. The van der Waals surface area contributed by atoms with Crippen LogP contribution in [0.25, 0.3) is 0 Å². The minimum atomic E-state index is -4.96. The fourth-order valence-corrected chi connectivity index (χ4v) is 13.0. The second-order valence-electron chi connectivity index (χ2n) is 27.8. The molecule has 0 spiro atoms. The molecule has 6 atom stereocenters. The summed E-state index contributed by atoms with van der Waals surface area (Å²) in [6.45, 7) is 9.55. The lowest BCUT2D eigenvalue weighted by molar-refractivity contribution is -0.161. The van der Waals surface area contributed by atoms with E-state index >= 15 is 0 Å². The highest BCUT2D eigenvalue weighted by molar-refractivity contribution is 7.47. The van der Waals surface area contributed by atoms with E-state index in [4.69, 9.17) is 37.0 Å². The van der Waals surface area contributed by atoms with Crippen LogP contribution < -0.4 is 0 Å². The predicted octanol–water partition coefficient (Wildman–Crippen LogP) is 21.9. The van der Waals surface area contributed by atoms with Crippen molar-refractivity contribution in [3.63, 3.8) is 0 Å². The number of phosphoric acid groups is 2. The molecule has 0 aliphatic carbocycles. The molecule has 0 aliphatic rings. The van der Waals surface area contributed by atoms with Crippen molar-refractivity contribution in [2.75, 3.05) is 39.6 Å². The first-order valence-electron chi connectivity index (χ1n) is 39.0. The van der Waals surface area contributed by atoms with Crippen molar-refractivity contribution < 1.29 is 80.2 Å². The van der Waals surface area contributed by atoms with Crippen LogP contribution in [0, 0.1) is 11.8 Å². The normalized spacial score (nSPS) is 14.3. The summed E-state index contributed by atoms with van der Waals surface area (Å²) >= 11 is 0. The Labute approximate surface area is 575 Å². The first-order valence-corrected chi connectivity index (χ1v) is 42.0. The SMILES string of the molecule is CCCCCCCCCCCCCCCCCCCCC(=O)O[C@H](COC(=O)CCCCCCCCCCCCCC(C)C)COP(=O)(O)OC[C@@H](O)COP(=O)(O)OC[C@@H](COC(=O)CCCCCCCCC(C)CC)OC(=O)CCCCCCCCCCCCCC. The van der Waals surface area contributed by atoms with E-state index in [1.807, 2.05) is 0 Å². The van der Waals surface area contributed by atoms with Crippen LogP contribution in [0.5, 0.6) is 0 Å². The van der Waals surface area contributed by atoms with Crippen molar-refractivity contribution in [1.29, 1.82) is 0 Å². The topological polar surface area (TPSA) is 237 Å². The van der Waals surface area contributed by atoms with Gasteiger partial charge in [0, 0.05) is 25.7 Å². The van der Waals surface area contributed by atoms with Gasteiger partial charge in [0.25, 0.3) is 0 Å². The minimum Gasteiger partial charge on any atom is -0.462 e. The van der Waals surface area contributed by atoms with Crippen molar-refractivity contribution in [3.8, 4) is 0 Å². The maximum Gasteiger partial charge on any atom is 0.472 e. The third-order valence-electron chi connectivity index (χ3n) is 17.8. The van der Waals surface area contributed by atoms with Crippen molar-refractivity contribution in [2.24, 2.45) is 11.8 Å². The number of esters is 4. The Hall–Kier alpha value is -1.94. The highest BCUT2D eigenvalue weighted by Gasteiger charge is 2.30. The lowest BCUT2D eigenvalue weighted by Crippen LogP contribution is -2.30. The molecule has 19 heteroatoms. The summed E-state index contributed by atoms with van der Waals surface area (Å²) in [6, 6.07) is 0. The molecule has 0 aliphatic heterocycles. The summed E-state index contributed by atoms with van der Waals surface area (Å²) in [6.07, 6.45) is 54.1. The van der Waals surface area contributed by atoms with Crippen LogP contribution >= 0.6 is 15.6 Å². The molecule has 0 radical (unpaired) electrons. The molecule has 0 bridgehead atoms. The Bertz CT molecular complexity index is 1820. The molecule has 0 saturated carbocycles. The van der Waals surface area contributed by atoms with Gasteiger partial charge in [-0.1, -0.05) is 337 Å². The molecule has 0 aromatic heterocycles. The number of ether oxygens (including phenoxy) is 4. The third-order valence-corrected chi connectivity index (χ3v) is 19.7. The Kier molecular flexibility index (Phi) is 65.5. The molecule has 0 rings (SSSR count). The molecule has 0 aromatic rings. The van der Waals surface area contributed by atoms with Gasteiger partial charge in [0.1, 0.15) is 19.3 Å². The van der Waals surface area contributed by atoms with Gasteiger partial charge in [0.2, 0.25) is 0 Å². The van der Waals surface area contributed by atoms with E-state index in [0.29, 0.717) is 25.7 Å². The standard InChI is InChI=1S/C75H146O17P2/c1-7-10-12-14-16-18-20-22-23-24-25-26-27-31-36-40-48-54-60-75(80)91-70(63-85-72(77)57-51-45-38-34-32-28-29-33-37-43-49-55-67(4)5)65-89-93(81,82)87-61-69(76)62-88-94(83,84)90-66-71(64-86-73(78)58-52-46-42-41-44-50-56-68(6)9-3)92-74(79)59-53-47-39-35-30-21-19-17-15-13-11-8-2/h67-71,76H,7-66H2,1-6H3,(H,81,82)(H,83,84)/t68?,69-,70-,71-/m1/s1. The molecule has 0 aromatic carbocycles. The Morgan fingerprint density at radius 1 is 0.309 bits per heavy atom. The summed E-state index contributed by atoms with van der Waals surface area (Å²) in [7, 11) is -9.91. The monoisotopic (exact) mass is 1380 g/mol. The van der Waals surface area contributed by atoms with Crippen LogP contribution in [-0.4, -0.2) is 96.7 Å².